The van der Waals surface area contributed by atoms with Crippen molar-refractivity contribution in [3.8, 4) is 0 Å². The summed E-state index contributed by atoms with van der Waals surface area (Å²) in [5.41, 5.74) is 0.253. The lowest BCUT2D eigenvalue weighted by Crippen LogP contribution is -2.32. The summed E-state index contributed by atoms with van der Waals surface area (Å²) in [4.78, 5) is 0. The predicted octanol–water partition coefficient (Wildman–Crippen LogP) is 3.86. The van der Waals surface area contributed by atoms with Crippen LogP contribution in [0.4, 0.5) is 0 Å². The van der Waals surface area contributed by atoms with Crippen LogP contribution in [0.2, 0.25) is 0 Å². The Balaban J connectivity index is 2.48. The normalized spacial score (nSPS) is 35.2. The highest BCUT2D eigenvalue weighted by atomic mass is 16.3. The molecule has 0 aromatic rings. The third-order valence-corrected chi connectivity index (χ3v) is 3.58. The summed E-state index contributed by atoms with van der Waals surface area (Å²) in [6.45, 7) is 11.3. The molecule has 0 amide bonds. The van der Waals surface area contributed by atoms with Gasteiger partial charge in [-0.15, -0.1) is 0 Å². The lowest BCUT2D eigenvalue weighted by atomic mass is 9.72. The Morgan fingerprint density at radius 2 is 1.53 bits per heavy atom. The van der Waals surface area contributed by atoms with Gasteiger partial charge in [-0.2, -0.15) is 0 Å². The van der Waals surface area contributed by atoms with Crippen molar-refractivity contribution in [1.29, 1.82) is 0 Å². The second kappa shape index (κ2) is 4.86. The molecule has 1 fully saturated rings. The second-order valence-corrected chi connectivity index (χ2v) is 7.01. The molecule has 1 saturated carbocycles. The molecular weight excluding hydrogens is 184 g/mol. The molecule has 0 radical (unpaired) electrons. The first-order chi connectivity index (χ1) is 6.78. The molecule has 1 aliphatic carbocycles. The molecule has 0 heterocycles. The minimum absolute atomic E-state index is 0.0878. The summed E-state index contributed by atoms with van der Waals surface area (Å²) >= 11 is 0. The van der Waals surface area contributed by atoms with Gasteiger partial charge < -0.3 is 5.11 Å². The Morgan fingerprint density at radius 1 is 1.07 bits per heavy atom. The molecular formula is C14H28O. The minimum Gasteiger partial charge on any atom is -0.393 e. The van der Waals surface area contributed by atoms with Gasteiger partial charge in [0.1, 0.15) is 0 Å². The number of aliphatic hydroxyl groups excluding tert-OH is 1. The van der Waals surface area contributed by atoms with E-state index in [2.05, 4.69) is 34.6 Å². The van der Waals surface area contributed by atoms with Crippen molar-refractivity contribution in [2.24, 2.45) is 23.2 Å². The van der Waals surface area contributed by atoms with E-state index in [4.69, 9.17) is 0 Å². The quantitative estimate of drug-likeness (QED) is 0.737. The monoisotopic (exact) mass is 212 g/mol. The molecule has 1 aliphatic rings. The maximum absolute atomic E-state index is 10.2. The zero-order chi connectivity index (χ0) is 11.6. The smallest absolute Gasteiger partial charge is 0.0573 e. The summed E-state index contributed by atoms with van der Waals surface area (Å²) < 4.78 is 0. The minimum atomic E-state index is -0.0878. The zero-order valence-electron chi connectivity index (χ0n) is 11.1. The SMILES string of the molecule is CC1CC(C)CC(C(O)CC(C)(C)C)C1. The van der Waals surface area contributed by atoms with Gasteiger partial charge in [0.25, 0.3) is 0 Å². The van der Waals surface area contributed by atoms with Crippen LogP contribution in [0.1, 0.15) is 60.3 Å². The standard InChI is InChI=1S/C14H28O/c1-10-6-11(2)8-12(7-10)13(15)9-14(3,4)5/h10-13,15H,6-9H2,1-5H3. The Morgan fingerprint density at radius 3 is 1.93 bits per heavy atom. The number of hydrogen-bond donors (Lipinski definition) is 1. The summed E-state index contributed by atoms with van der Waals surface area (Å²) in [6.07, 6.45) is 4.65. The van der Waals surface area contributed by atoms with Crippen molar-refractivity contribution in [2.75, 3.05) is 0 Å². The maximum Gasteiger partial charge on any atom is 0.0573 e. The highest BCUT2D eigenvalue weighted by Gasteiger charge is 2.30. The van der Waals surface area contributed by atoms with E-state index >= 15 is 0 Å². The molecule has 0 bridgehead atoms. The van der Waals surface area contributed by atoms with Crippen LogP contribution in [0, 0.1) is 23.2 Å². The van der Waals surface area contributed by atoms with Crippen LogP contribution in [0.3, 0.4) is 0 Å². The van der Waals surface area contributed by atoms with E-state index in [0.717, 1.165) is 18.3 Å². The molecule has 3 atom stereocenters. The van der Waals surface area contributed by atoms with E-state index in [0.29, 0.717) is 5.92 Å². The fourth-order valence-electron chi connectivity index (χ4n) is 3.12. The van der Waals surface area contributed by atoms with Gasteiger partial charge >= 0.3 is 0 Å². The van der Waals surface area contributed by atoms with Gasteiger partial charge in [-0.1, -0.05) is 34.6 Å². The third-order valence-electron chi connectivity index (χ3n) is 3.58. The van der Waals surface area contributed by atoms with E-state index < -0.39 is 0 Å². The Hall–Kier alpha value is -0.0400. The van der Waals surface area contributed by atoms with Crippen molar-refractivity contribution < 1.29 is 5.11 Å². The topological polar surface area (TPSA) is 20.2 Å². The highest BCUT2D eigenvalue weighted by Crippen LogP contribution is 2.37. The predicted molar refractivity (Wildman–Crippen MR) is 65.7 cm³/mol. The lowest BCUT2D eigenvalue weighted by Gasteiger charge is -2.36. The molecule has 1 nitrogen and oxygen atoms in total. The summed E-state index contributed by atoms with van der Waals surface area (Å²) in [7, 11) is 0. The van der Waals surface area contributed by atoms with Gasteiger partial charge in [-0.25, -0.2) is 0 Å². The molecule has 3 unspecified atom stereocenters. The average Bonchev–Trinajstić information content (AvgIpc) is 1.98. The van der Waals surface area contributed by atoms with Gasteiger partial charge in [0.2, 0.25) is 0 Å². The van der Waals surface area contributed by atoms with E-state index in [1.54, 1.807) is 0 Å². The Kier molecular flexibility index (Phi) is 4.22. The molecule has 0 saturated heterocycles. The molecule has 0 aromatic heterocycles. The fraction of sp³-hybridized carbons (Fsp3) is 1.00. The summed E-state index contributed by atoms with van der Waals surface area (Å²) in [6, 6.07) is 0. The number of rotatable bonds is 2. The Labute approximate surface area is 95.3 Å². The molecule has 1 heteroatoms. The summed E-state index contributed by atoms with van der Waals surface area (Å²) in [5.74, 6) is 2.14. The van der Waals surface area contributed by atoms with E-state index in [9.17, 15) is 5.11 Å². The van der Waals surface area contributed by atoms with Crippen LogP contribution >= 0.6 is 0 Å². The molecule has 1 N–H and O–H groups in total. The first-order valence-corrected chi connectivity index (χ1v) is 6.46. The van der Waals surface area contributed by atoms with Crippen molar-refractivity contribution in [3.63, 3.8) is 0 Å². The fourth-order valence-corrected chi connectivity index (χ4v) is 3.12. The van der Waals surface area contributed by atoms with E-state index in [1.165, 1.54) is 19.3 Å². The van der Waals surface area contributed by atoms with Crippen molar-refractivity contribution in [1.82, 2.24) is 0 Å². The van der Waals surface area contributed by atoms with Crippen LogP contribution in [-0.2, 0) is 0 Å². The van der Waals surface area contributed by atoms with Crippen LogP contribution in [0.25, 0.3) is 0 Å². The Bertz CT molecular complexity index is 182. The highest BCUT2D eigenvalue weighted by molar-refractivity contribution is 4.82. The largest absolute Gasteiger partial charge is 0.393 e. The summed E-state index contributed by atoms with van der Waals surface area (Å²) in [5, 5.41) is 10.2. The molecule has 90 valence electrons. The molecule has 0 aliphatic heterocycles. The first kappa shape index (κ1) is 13.0. The maximum atomic E-state index is 10.2. The van der Waals surface area contributed by atoms with E-state index in [-0.39, 0.29) is 11.5 Å². The first-order valence-electron chi connectivity index (χ1n) is 6.46. The van der Waals surface area contributed by atoms with Gasteiger partial charge in [-0.3, -0.25) is 0 Å². The second-order valence-electron chi connectivity index (χ2n) is 7.01. The molecule has 0 aromatic carbocycles. The van der Waals surface area contributed by atoms with Crippen LogP contribution in [0.5, 0.6) is 0 Å². The van der Waals surface area contributed by atoms with Crippen LogP contribution in [-0.4, -0.2) is 11.2 Å². The van der Waals surface area contributed by atoms with Crippen molar-refractivity contribution in [3.05, 3.63) is 0 Å². The third kappa shape index (κ3) is 4.55. The molecule has 0 spiro atoms. The van der Waals surface area contributed by atoms with E-state index in [1.807, 2.05) is 0 Å². The van der Waals surface area contributed by atoms with Crippen LogP contribution in [0.15, 0.2) is 0 Å². The average molecular weight is 212 g/mol. The number of hydrogen-bond acceptors (Lipinski definition) is 1. The number of aliphatic hydroxyl groups is 1. The van der Waals surface area contributed by atoms with Gasteiger partial charge in [-0.05, 0) is 48.9 Å². The lowest BCUT2D eigenvalue weighted by molar-refractivity contribution is 0.0272. The molecule has 15 heavy (non-hydrogen) atoms. The van der Waals surface area contributed by atoms with Gasteiger partial charge in [0.05, 0.1) is 6.10 Å². The van der Waals surface area contributed by atoms with Gasteiger partial charge in [0, 0.05) is 0 Å². The van der Waals surface area contributed by atoms with Crippen molar-refractivity contribution >= 4 is 0 Å². The zero-order valence-corrected chi connectivity index (χ0v) is 11.1. The van der Waals surface area contributed by atoms with Crippen LogP contribution < -0.4 is 0 Å². The van der Waals surface area contributed by atoms with Crippen molar-refractivity contribution in [2.45, 2.75) is 66.4 Å². The molecule has 1 rings (SSSR count). The van der Waals surface area contributed by atoms with Gasteiger partial charge in [0.15, 0.2) is 0 Å².